The van der Waals surface area contributed by atoms with Crippen molar-refractivity contribution in [1.29, 1.82) is 0 Å². The van der Waals surface area contributed by atoms with E-state index >= 15 is 0 Å². The van der Waals surface area contributed by atoms with Gasteiger partial charge in [0, 0.05) is 25.4 Å². The lowest BCUT2D eigenvalue weighted by molar-refractivity contribution is -0.121. The molecule has 29 heavy (non-hydrogen) atoms. The predicted octanol–water partition coefficient (Wildman–Crippen LogP) is 2.71. The second-order valence-electron chi connectivity index (χ2n) is 7.42. The summed E-state index contributed by atoms with van der Waals surface area (Å²) in [5, 5.41) is 3.56. The van der Waals surface area contributed by atoms with Crippen molar-refractivity contribution in [3.8, 4) is 11.5 Å². The van der Waals surface area contributed by atoms with Crippen molar-refractivity contribution in [3.63, 3.8) is 0 Å². The Kier molecular flexibility index (Phi) is 4.42. The van der Waals surface area contributed by atoms with Gasteiger partial charge in [0.25, 0.3) is 5.56 Å². The van der Waals surface area contributed by atoms with E-state index in [1.807, 2.05) is 42.5 Å². The summed E-state index contributed by atoms with van der Waals surface area (Å²) in [6, 6.07) is 13.2. The van der Waals surface area contributed by atoms with E-state index in [9.17, 15) is 9.59 Å². The lowest BCUT2D eigenvalue weighted by atomic mass is 10.2. The Hall–Kier alpha value is -3.35. The SMILES string of the molecule is O=C(CCc1nc2ccccc2c(=O)n1C1CC1)NCc1ccc2c(c1)OCO2. The van der Waals surface area contributed by atoms with E-state index in [0.717, 1.165) is 24.2 Å². The van der Waals surface area contributed by atoms with Gasteiger partial charge in [-0.1, -0.05) is 18.2 Å². The van der Waals surface area contributed by atoms with Gasteiger partial charge >= 0.3 is 0 Å². The molecule has 1 saturated carbocycles. The molecule has 3 aromatic rings. The van der Waals surface area contributed by atoms with Gasteiger partial charge in [-0.3, -0.25) is 14.2 Å². The zero-order valence-electron chi connectivity index (χ0n) is 15.9. The Morgan fingerprint density at radius 1 is 1.14 bits per heavy atom. The largest absolute Gasteiger partial charge is 0.454 e. The minimum Gasteiger partial charge on any atom is -0.454 e. The lowest BCUT2D eigenvalue weighted by Gasteiger charge is -2.13. The summed E-state index contributed by atoms with van der Waals surface area (Å²) < 4.78 is 12.4. The summed E-state index contributed by atoms with van der Waals surface area (Å²) >= 11 is 0. The van der Waals surface area contributed by atoms with Gasteiger partial charge in [-0.05, 0) is 42.7 Å². The van der Waals surface area contributed by atoms with Crippen LogP contribution in [0.5, 0.6) is 11.5 Å². The molecular weight excluding hydrogens is 370 g/mol. The van der Waals surface area contributed by atoms with E-state index in [0.29, 0.717) is 35.4 Å². The Labute approximate surface area is 167 Å². The van der Waals surface area contributed by atoms with Crippen molar-refractivity contribution in [2.45, 2.75) is 38.3 Å². The first-order chi connectivity index (χ1) is 14.2. The maximum Gasteiger partial charge on any atom is 0.261 e. The second kappa shape index (κ2) is 7.24. The van der Waals surface area contributed by atoms with Gasteiger partial charge in [-0.25, -0.2) is 4.98 Å². The third-order valence-corrected chi connectivity index (χ3v) is 5.30. The molecule has 0 radical (unpaired) electrons. The molecule has 2 aromatic carbocycles. The summed E-state index contributed by atoms with van der Waals surface area (Å²) in [6.45, 7) is 0.642. The van der Waals surface area contributed by atoms with Gasteiger partial charge in [0.2, 0.25) is 12.7 Å². The third kappa shape index (κ3) is 3.55. The first-order valence-corrected chi connectivity index (χ1v) is 9.84. The van der Waals surface area contributed by atoms with Crippen LogP contribution in [0.2, 0.25) is 0 Å². The number of nitrogens with one attached hydrogen (secondary N) is 1. The smallest absolute Gasteiger partial charge is 0.261 e. The van der Waals surface area contributed by atoms with Crippen molar-refractivity contribution in [1.82, 2.24) is 14.9 Å². The fourth-order valence-electron chi connectivity index (χ4n) is 3.64. The minimum atomic E-state index is -0.0765. The number of hydrogen-bond donors (Lipinski definition) is 1. The van der Waals surface area contributed by atoms with Crippen LogP contribution in [-0.4, -0.2) is 22.3 Å². The maximum atomic E-state index is 12.9. The summed E-state index contributed by atoms with van der Waals surface area (Å²) in [6.07, 6.45) is 2.69. The molecule has 1 aliphatic heterocycles. The fourth-order valence-corrected chi connectivity index (χ4v) is 3.64. The molecule has 2 heterocycles. The highest BCUT2D eigenvalue weighted by molar-refractivity contribution is 5.78. The maximum absolute atomic E-state index is 12.9. The van der Waals surface area contributed by atoms with Crippen LogP contribution < -0.4 is 20.3 Å². The normalized spacial score (nSPS) is 14.9. The molecule has 2 aliphatic rings. The number of fused-ring (bicyclic) bond motifs is 2. The third-order valence-electron chi connectivity index (χ3n) is 5.30. The number of amides is 1. The monoisotopic (exact) mass is 391 g/mol. The Bertz CT molecular complexity index is 1150. The zero-order valence-corrected chi connectivity index (χ0v) is 15.9. The Morgan fingerprint density at radius 3 is 2.83 bits per heavy atom. The molecule has 1 aliphatic carbocycles. The number of carbonyl (C=O) groups is 1. The molecule has 0 saturated heterocycles. The fraction of sp³-hybridized carbons (Fsp3) is 0.318. The van der Waals surface area contributed by atoms with Crippen molar-refractivity contribution in [3.05, 3.63) is 64.2 Å². The summed E-state index contributed by atoms with van der Waals surface area (Å²) in [5.74, 6) is 2.04. The van der Waals surface area contributed by atoms with Crippen molar-refractivity contribution in [2.24, 2.45) is 0 Å². The molecule has 1 N–H and O–H groups in total. The number of hydrogen-bond acceptors (Lipinski definition) is 5. The number of rotatable bonds is 6. The standard InChI is InChI=1S/C22H21N3O4/c26-21(23-12-14-5-8-18-19(11-14)29-13-28-18)10-9-20-24-17-4-2-1-3-16(17)22(27)25(20)15-6-7-15/h1-5,8,11,15H,6-7,9-10,12-13H2,(H,23,26). The van der Waals surface area contributed by atoms with E-state index < -0.39 is 0 Å². The molecular formula is C22H21N3O4. The molecule has 0 atom stereocenters. The van der Waals surface area contributed by atoms with Crippen LogP contribution in [0.1, 0.15) is 36.7 Å². The topological polar surface area (TPSA) is 82.5 Å². The van der Waals surface area contributed by atoms with E-state index in [1.165, 1.54) is 0 Å². The van der Waals surface area contributed by atoms with Crippen LogP contribution in [0.25, 0.3) is 10.9 Å². The average molecular weight is 391 g/mol. The van der Waals surface area contributed by atoms with Crippen LogP contribution in [0.3, 0.4) is 0 Å². The number of para-hydroxylation sites is 1. The Morgan fingerprint density at radius 2 is 1.97 bits per heavy atom. The van der Waals surface area contributed by atoms with Gasteiger partial charge in [0.15, 0.2) is 11.5 Å². The number of aromatic nitrogens is 2. The van der Waals surface area contributed by atoms with Crippen LogP contribution in [0.4, 0.5) is 0 Å². The number of carbonyl (C=O) groups excluding carboxylic acids is 1. The van der Waals surface area contributed by atoms with E-state index in [4.69, 9.17) is 9.47 Å². The summed E-state index contributed by atoms with van der Waals surface area (Å²) in [7, 11) is 0. The van der Waals surface area contributed by atoms with Crippen LogP contribution in [-0.2, 0) is 17.8 Å². The highest BCUT2D eigenvalue weighted by Crippen LogP contribution is 2.35. The van der Waals surface area contributed by atoms with Gasteiger partial charge in [-0.2, -0.15) is 0 Å². The quantitative estimate of drug-likeness (QED) is 0.699. The van der Waals surface area contributed by atoms with E-state index in [2.05, 4.69) is 10.3 Å². The molecule has 7 nitrogen and oxygen atoms in total. The second-order valence-corrected chi connectivity index (χ2v) is 7.42. The molecule has 0 unspecified atom stereocenters. The van der Waals surface area contributed by atoms with Crippen LogP contribution in [0.15, 0.2) is 47.3 Å². The van der Waals surface area contributed by atoms with Crippen LogP contribution >= 0.6 is 0 Å². The summed E-state index contributed by atoms with van der Waals surface area (Å²) in [5.41, 5.74) is 1.63. The molecule has 1 aromatic heterocycles. The number of ether oxygens (including phenoxy) is 2. The molecule has 5 rings (SSSR count). The molecule has 0 bridgehead atoms. The highest BCUT2D eigenvalue weighted by Gasteiger charge is 2.28. The number of benzene rings is 2. The van der Waals surface area contributed by atoms with Crippen molar-refractivity contribution < 1.29 is 14.3 Å². The zero-order chi connectivity index (χ0) is 19.8. The first kappa shape index (κ1) is 17.7. The average Bonchev–Trinajstić information content (AvgIpc) is 3.46. The van der Waals surface area contributed by atoms with Gasteiger partial charge < -0.3 is 14.8 Å². The molecule has 148 valence electrons. The van der Waals surface area contributed by atoms with E-state index in [1.54, 1.807) is 4.57 Å². The predicted molar refractivity (Wildman–Crippen MR) is 107 cm³/mol. The van der Waals surface area contributed by atoms with Gasteiger partial charge in [0.05, 0.1) is 10.9 Å². The van der Waals surface area contributed by atoms with E-state index in [-0.39, 0.29) is 30.7 Å². The molecule has 1 fully saturated rings. The highest BCUT2D eigenvalue weighted by atomic mass is 16.7. The van der Waals surface area contributed by atoms with Gasteiger partial charge in [-0.15, -0.1) is 0 Å². The summed E-state index contributed by atoms with van der Waals surface area (Å²) in [4.78, 5) is 29.9. The minimum absolute atomic E-state index is 0.00568. The molecule has 1 amide bonds. The lowest BCUT2D eigenvalue weighted by Crippen LogP contribution is -2.27. The molecule has 7 heteroatoms. The number of aryl methyl sites for hydroxylation is 1. The Balaban J connectivity index is 1.27. The van der Waals surface area contributed by atoms with Crippen molar-refractivity contribution in [2.75, 3.05) is 6.79 Å². The molecule has 0 spiro atoms. The number of nitrogens with zero attached hydrogens (tertiary/aromatic N) is 2. The van der Waals surface area contributed by atoms with Crippen molar-refractivity contribution >= 4 is 16.8 Å². The first-order valence-electron chi connectivity index (χ1n) is 9.84. The van der Waals surface area contributed by atoms with Gasteiger partial charge in [0.1, 0.15) is 5.82 Å². The van der Waals surface area contributed by atoms with Crippen LogP contribution in [0, 0.1) is 0 Å².